The monoisotopic (exact) mass is 430 g/mol. The number of hydrogen-bond donors (Lipinski definition) is 2. The van der Waals surface area contributed by atoms with Gasteiger partial charge in [-0.25, -0.2) is 13.9 Å². The highest BCUT2D eigenvalue weighted by molar-refractivity contribution is 6.08. The molecule has 0 saturated heterocycles. The number of nitrogens with zero attached hydrogens (tertiary/aromatic N) is 2. The predicted molar refractivity (Wildman–Crippen MR) is 119 cm³/mol. The predicted octanol–water partition coefficient (Wildman–Crippen LogP) is 5.11. The Morgan fingerprint density at radius 3 is 2.31 bits per heavy atom. The van der Waals surface area contributed by atoms with Crippen LogP contribution in [0.2, 0.25) is 0 Å². The van der Waals surface area contributed by atoms with Gasteiger partial charge in [0.15, 0.2) is 0 Å². The minimum atomic E-state index is -0.817. The molecule has 2 amide bonds. The molecule has 3 aromatic carbocycles. The summed E-state index contributed by atoms with van der Waals surface area (Å²) >= 11 is 0. The highest BCUT2D eigenvalue weighted by Crippen LogP contribution is 2.26. The topological polar surface area (TPSA) is 85.3 Å². The summed E-state index contributed by atoms with van der Waals surface area (Å²) in [6.45, 7) is 0. The number of methoxy groups -OCH3 is 1. The molecule has 0 saturated carbocycles. The SMILES string of the molecule is COC(=O)Nc1cc(NC(=O)c2cn(-c3ccccc3)nc2-c2ccccc2)ccc1F. The van der Waals surface area contributed by atoms with Crippen molar-refractivity contribution in [2.45, 2.75) is 0 Å². The van der Waals surface area contributed by atoms with Crippen LogP contribution in [0.1, 0.15) is 10.4 Å². The highest BCUT2D eigenvalue weighted by Gasteiger charge is 2.19. The molecule has 7 nitrogen and oxygen atoms in total. The first kappa shape index (κ1) is 20.8. The zero-order valence-electron chi connectivity index (χ0n) is 17.1. The summed E-state index contributed by atoms with van der Waals surface area (Å²) in [6.07, 6.45) is 0.826. The van der Waals surface area contributed by atoms with Crippen LogP contribution in [0.4, 0.5) is 20.6 Å². The molecule has 0 radical (unpaired) electrons. The smallest absolute Gasteiger partial charge is 0.411 e. The number of amides is 2. The van der Waals surface area contributed by atoms with Crippen molar-refractivity contribution in [3.8, 4) is 16.9 Å². The maximum atomic E-state index is 14.0. The van der Waals surface area contributed by atoms with Gasteiger partial charge in [-0.3, -0.25) is 10.1 Å². The zero-order chi connectivity index (χ0) is 22.5. The van der Waals surface area contributed by atoms with Gasteiger partial charge in [0, 0.05) is 17.4 Å². The number of para-hydroxylation sites is 1. The summed E-state index contributed by atoms with van der Waals surface area (Å²) in [5.74, 6) is -1.09. The molecule has 0 atom stereocenters. The molecule has 0 unspecified atom stereocenters. The van der Waals surface area contributed by atoms with Gasteiger partial charge in [-0.1, -0.05) is 48.5 Å². The Balaban J connectivity index is 1.68. The molecule has 4 aromatic rings. The van der Waals surface area contributed by atoms with E-state index in [1.54, 1.807) is 10.9 Å². The standard InChI is InChI=1S/C24H19FN4O3/c1-32-24(31)27-21-14-17(12-13-20(21)25)26-23(30)19-15-29(18-10-6-3-7-11-18)28-22(19)16-8-4-2-5-9-16/h2-15H,1H3,(H,26,30)(H,27,31). The largest absolute Gasteiger partial charge is 0.453 e. The van der Waals surface area contributed by atoms with E-state index in [2.05, 4.69) is 20.5 Å². The normalized spacial score (nSPS) is 10.4. The molecule has 4 rings (SSSR count). The van der Waals surface area contributed by atoms with Gasteiger partial charge in [0.25, 0.3) is 5.91 Å². The minimum Gasteiger partial charge on any atom is -0.453 e. The Labute approximate surface area is 183 Å². The maximum Gasteiger partial charge on any atom is 0.411 e. The van der Waals surface area contributed by atoms with Crippen LogP contribution in [0.15, 0.2) is 85.1 Å². The van der Waals surface area contributed by atoms with E-state index in [0.29, 0.717) is 16.9 Å². The fourth-order valence-electron chi connectivity index (χ4n) is 3.12. The van der Waals surface area contributed by atoms with Crippen molar-refractivity contribution in [3.63, 3.8) is 0 Å². The third-order valence-electron chi connectivity index (χ3n) is 4.67. The van der Waals surface area contributed by atoms with Crippen LogP contribution in [0, 0.1) is 5.82 Å². The summed E-state index contributed by atoms with van der Waals surface area (Å²) in [6, 6.07) is 22.6. The average Bonchev–Trinajstić information content (AvgIpc) is 3.28. The van der Waals surface area contributed by atoms with Crippen molar-refractivity contribution in [1.82, 2.24) is 9.78 Å². The van der Waals surface area contributed by atoms with Crippen LogP contribution < -0.4 is 10.6 Å². The number of rotatable bonds is 5. The lowest BCUT2D eigenvalue weighted by molar-refractivity contribution is 0.102. The molecule has 1 aromatic heterocycles. The van der Waals surface area contributed by atoms with Gasteiger partial charge in [0.2, 0.25) is 0 Å². The number of carbonyl (C=O) groups is 2. The molecule has 160 valence electrons. The lowest BCUT2D eigenvalue weighted by Gasteiger charge is -2.09. The molecule has 0 aliphatic carbocycles. The molecule has 32 heavy (non-hydrogen) atoms. The summed E-state index contributed by atoms with van der Waals surface area (Å²) in [5, 5.41) is 9.63. The number of aromatic nitrogens is 2. The number of nitrogens with one attached hydrogen (secondary N) is 2. The zero-order valence-corrected chi connectivity index (χ0v) is 17.1. The van der Waals surface area contributed by atoms with Crippen molar-refractivity contribution in [1.29, 1.82) is 0 Å². The fraction of sp³-hybridized carbons (Fsp3) is 0.0417. The van der Waals surface area contributed by atoms with Crippen molar-refractivity contribution in [3.05, 3.63) is 96.4 Å². The van der Waals surface area contributed by atoms with Gasteiger partial charge in [0.1, 0.15) is 11.5 Å². The highest BCUT2D eigenvalue weighted by atomic mass is 19.1. The second kappa shape index (κ2) is 9.13. The lowest BCUT2D eigenvalue weighted by Crippen LogP contribution is -2.15. The van der Waals surface area contributed by atoms with Crippen LogP contribution >= 0.6 is 0 Å². The van der Waals surface area contributed by atoms with E-state index in [1.807, 2.05) is 60.7 Å². The van der Waals surface area contributed by atoms with Gasteiger partial charge in [-0.05, 0) is 30.3 Å². The Kier molecular flexibility index (Phi) is 5.94. The fourth-order valence-corrected chi connectivity index (χ4v) is 3.12. The number of hydrogen-bond acceptors (Lipinski definition) is 4. The molecule has 8 heteroatoms. The molecular weight excluding hydrogens is 411 g/mol. The molecule has 0 fully saturated rings. The van der Waals surface area contributed by atoms with Crippen molar-refractivity contribution in [2.24, 2.45) is 0 Å². The number of carbonyl (C=O) groups excluding carboxylic acids is 2. The third-order valence-corrected chi connectivity index (χ3v) is 4.67. The molecule has 0 aliphatic heterocycles. The first-order valence-corrected chi connectivity index (χ1v) is 9.71. The number of halogens is 1. The first-order chi connectivity index (χ1) is 15.5. The van der Waals surface area contributed by atoms with E-state index in [9.17, 15) is 14.0 Å². The first-order valence-electron chi connectivity index (χ1n) is 9.71. The van der Waals surface area contributed by atoms with E-state index in [0.717, 1.165) is 17.3 Å². The van der Waals surface area contributed by atoms with Gasteiger partial charge < -0.3 is 10.1 Å². The van der Waals surface area contributed by atoms with Gasteiger partial charge in [-0.15, -0.1) is 0 Å². The lowest BCUT2D eigenvalue weighted by atomic mass is 10.1. The van der Waals surface area contributed by atoms with E-state index < -0.39 is 17.8 Å². The van der Waals surface area contributed by atoms with Gasteiger partial charge >= 0.3 is 6.09 Å². The molecule has 0 bridgehead atoms. The Morgan fingerprint density at radius 2 is 1.62 bits per heavy atom. The van der Waals surface area contributed by atoms with Crippen LogP contribution in [-0.2, 0) is 4.74 Å². The number of ether oxygens (including phenoxy) is 1. The van der Waals surface area contributed by atoms with E-state index >= 15 is 0 Å². The van der Waals surface area contributed by atoms with Crippen LogP contribution in [0.5, 0.6) is 0 Å². The van der Waals surface area contributed by atoms with Crippen molar-refractivity contribution < 1.29 is 18.7 Å². The quantitative estimate of drug-likeness (QED) is 0.461. The Hall–Kier alpha value is -4.46. The van der Waals surface area contributed by atoms with Gasteiger partial charge in [0.05, 0.1) is 24.0 Å². The maximum absolute atomic E-state index is 14.0. The second-order valence-corrected chi connectivity index (χ2v) is 6.80. The summed E-state index contributed by atoms with van der Waals surface area (Å²) in [4.78, 5) is 24.6. The second-order valence-electron chi connectivity index (χ2n) is 6.80. The van der Waals surface area contributed by atoms with Crippen molar-refractivity contribution >= 4 is 23.4 Å². The summed E-state index contributed by atoms with van der Waals surface area (Å²) in [7, 11) is 1.17. The van der Waals surface area contributed by atoms with Crippen LogP contribution in [0.25, 0.3) is 16.9 Å². The molecular formula is C24H19FN4O3. The van der Waals surface area contributed by atoms with Crippen LogP contribution in [-0.4, -0.2) is 28.9 Å². The van der Waals surface area contributed by atoms with E-state index in [1.165, 1.54) is 19.2 Å². The molecule has 0 spiro atoms. The minimum absolute atomic E-state index is 0.113. The summed E-state index contributed by atoms with van der Waals surface area (Å²) < 4.78 is 20.1. The third kappa shape index (κ3) is 4.49. The van der Waals surface area contributed by atoms with E-state index in [4.69, 9.17) is 0 Å². The molecule has 1 heterocycles. The Bertz CT molecular complexity index is 1260. The van der Waals surface area contributed by atoms with Gasteiger partial charge in [-0.2, -0.15) is 5.10 Å². The number of benzene rings is 3. The number of anilines is 2. The average molecular weight is 430 g/mol. The van der Waals surface area contributed by atoms with E-state index in [-0.39, 0.29) is 5.69 Å². The van der Waals surface area contributed by atoms with Crippen LogP contribution in [0.3, 0.4) is 0 Å². The summed E-state index contributed by atoms with van der Waals surface area (Å²) in [5.41, 5.74) is 2.61. The van der Waals surface area contributed by atoms with Crippen molar-refractivity contribution in [2.75, 3.05) is 17.7 Å². The molecule has 0 aliphatic rings. The Morgan fingerprint density at radius 1 is 0.938 bits per heavy atom. The molecule has 2 N–H and O–H groups in total.